The molecule has 0 aliphatic heterocycles. The highest BCUT2D eigenvalue weighted by Crippen LogP contribution is 2.56. The lowest BCUT2D eigenvalue weighted by atomic mass is 9.80. The van der Waals surface area contributed by atoms with Gasteiger partial charge in [-0.05, 0) is 169 Å². The van der Waals surface area contributed by atoms with Crippen LogP contribution in [0.2, 0.25) is 0 Å². The Kier molecular flexibility index (Phi) is 19.4. The molecule has 4 heterocycles. The molecule has 0 bridgehead atoms. The minimum absolute atomic E-state index is 0.0314. The molecule has 3 aliphatic rings. The zero-order chi connectivity index (χ0) is 89.9. The maximum absolute atomic E-state index is 6.40. The van der Waals surface area contributed by atoms with E-state index < -0.39 is 0 Å². The molecule has 0 spiro atoms. The largest absolute Gasteiger partial charge is 0.455 e. The summed E-state index contributed by atoms with van der Waals surface area (Å²) >= 11 is 0. The Morgan fingerprint density at radius 2 is 0.507 bits per heavy atom. The summed E-state index contributed by atoms with van der Waals surface area (Å²) < 4.78 is 6.40. The van der Waals surface area contributed by atoms with E-state index in [2.05, 4.69) is 321 Å². The maximum atomic E-state index is 6.40. The van der Waals surface area contributed by atoms with E-state index in [9.17, 15) is 0 Å². The van der Waals surface area contributed by atoms with Gasteiger partial charge in [0.2, 0.25) is 0 Å². The van der Waals surface area contributed by atoms with Crippen LogP contribution in [-0.2, 0) is 16.2 Å². The molecule has 26 rings (SSSR count). The summed E-state index contributed by atoms with van der Waals surface area (Å²) in [5, 5.41) is 12.0. The fourth-order valence-corrected chi connectivity index (χ4v) is 20.9. The van der Waals surface area contributed by atoms with E-state index in [0.717, 1.165) is 99.5 Å². The predicted molar refractivity (Wildman–Crippen MR) is 549 cm³/mol. The summed E-state index contributed by atoms with van der Waals surface area (Å²) in [6.45, 7) is 14.0. The van der Waals surface area contributed by atoms with Gasteiger partial charge in [0, 0.05) is 71.5 Å². The van der Waals surface area contributed by atoms with Crippen molar-refractivity contribution < 1.29 is 4.42 Å². The van der Waals surface area contributed by atoms with E-state index >= 15 is 0 Å². The average molecular weight is 1720 g/mol. The van der Waals surface area contributed by atoms with E-state index in [1.54, 1.807) is 0 Å². The Labute approximate surface area is 776 Å². The molecule has 634 valence electrons. The molecule has 19 aromatic carbocycles. The van der Waals surface area contributed by atoms with Crippen molar-refractivity contribution >= 4 is 65.0 Å². The second kappa shape index (κ2) is 32.3. The van der Waals surface area contributed by atoms with Crippen molar-refractivity contribution in [1.29, 1.82) is 0 Å². The van der Waals surface area contributed by atoms with Crippen LogP contribution < -0.4 is 0 Å². The second-order valence-electron chi connectivity index (χ2n) is 36.6. The van der Waals surface area contributed by atoms with Crippen LogP contribution in [0.4, 0.5) is 0 Å². The number of furan rings is 1. The summed E-state index contributed by atoms with van der Waals surface area (Å²) in [5.41, 5.74) is 31.0. The van der Waals surface area contributed by atoms with Crippen LogP contribution in [0.3, 0.4) is 0 Å². The molecule has 0 N–H and O–H groups in total. The van der Waals surface area contributed by atoms with Crippen LogP contribution >= 0.6 is 0 Å². The third-order valence-electron chi connectivity index (χ3n) is 27.5. The molecule has 0 atom stereocenters. The first-order valence-corrected chi connectivity index (χ1v) is 45.8. The molecule has 0 radical (unpaired) electrons. The lowest BCUT2D eigenvalue weighted by Gasteiger charge is -2.23. The molecule has 3 aliphatic carbocycles. The Morgan fingerprint density at radius 1 is 0.172 bits per heavy atom. The van der Waals surface area contributed by atoms with Gasteiger partial charge < -0.3 is 4.42 Å². The van der Waals surface area contributed by atoms with Gasteiger partial charge in [0.1, 0.15) is 11.2 Å². The van der Waals surface area contributed by atoms with Crippen molar-refractivity contribution in [3.8, 4) is 158 Å². The molecule has 23 aromatic rings. The van der Waals surface area contributed by atoms with Crippen molar-refractivity contribution in [2.24, 2.45) is 0 Å². The normalized spacial score (nSPS) is 13.2. The predicted octanol–water partition coefficient (Wildman–Crippen LogP) is 31.4. The summed E-state index contributed by atoms with van der Waals surface area (Å²) in [6, 6.07) is 147. The molecule has 0 fully saturated rings. The first kappa shape index (κ1) is 80.4. The Hall–Kier alpha value is -17.0. The van der Waals surface area contributed by atoms with Gasteiger partial charge in [-0.3, -0.25) is 0 Å². The zero-order valence-electron chi connectivity index (χ0n) is 74.8. The number of aromatic nitrogens is 9. The summed E-state index contributed by atoms with van der Waals surface area (Å²) in [6.07, 6.45) is 0. The minimum atomic E-state index is -0.0631. The van der Waals surface area contributed by atoms with Crippen LogP contribution in [0, 0.1) is 0 Å². The summed E-state index contributed by atoms with van der Waals surface area (Å²) in [7, 11) is 0. The Morgan fingerprint density at radius 3 is 1.05 bits per heavy atom. The monoisotopic (exact) mass is 1720 g/mol. The van der Waals surface area contributed by atoms with E-state index in [1.165, 1.54) is 105 Å². The summed E-state index contributed by atoms with van der Waals surface area (Å²) in [5.74, 6) is 5.82. The first-order chi connectivity index (χ1) is 65.7. The van der Waals surface area contributed by atoms with Crippen LogP contribution in [0.15, 0.2) is 423 Å². The number of rotatable bonds is 11. The lowest BCUT2D eigenvalue weighted by Crippen LogP contribution is -2.15. The number of benzene rings is 19. The fourth-order valence-electron chi connectivity index (χ4n) is 20.9. The Balaban J connectivity index is 0.000000111. The van der Waals surface area contributed by atoms with E-state index in [-0.39, 0.29) is 16.2 Å². The molecular weight excluding hydrogens is 1630 g/mol. The molecule has 0 unspecified atom stereocenters. The molecular formula is C124H87N9O. The van der Waals surface area contributed by atoms with Crippen molar-refractivity contribution in [3.05, 3.63) is 452 Å². The van der Waals surface area contributed by atoms with E-state index in [1.807, 2.05) is 140 Å². The molecule has 0 saturated heterocycles. The zero-order valence-corrected chi connectivity index (χ0v) is 74.8. The number of hydrogen-bond acceptors (Lipinski definition) is 10. The number of hydrogen-bond donors (Lipinski definition) is 0. The van der Waals surface area contributed by atoms with Crippen LogP contribution in [0.25, 0.3) is 223 Å². The molecule has 10 heteroatoms. The summed E-state index contributed by atoms with van der Waals surface area (Å²) in [4.78, 5) is 44.8. The van der Waals surface area contributed by atoms with Crippen LogP contribution in [-0.4, -0.2) is 44.9 Å². The first-order valence-electron chi connectivity index (χ1n) is 45.8. The van der Waals surface area contributed by atoms with Gasteiger partial charge in [-0.1, -0.05) is 424 Å². The van der Waals surface area contributed by atoms with Gasteiger partial charge >= 0.3 is 0 Å². The number of fused-ring (bicyclic) bond motifs is 19. The third kappa shape index (κ3) is 13.9. The second-order valence-corrected chi connectivity index (χ2v) is 36.6. The molecule has 134 heavy (non-hydrogen) atoms. The van der Waals surface area contributed by atoms with Gasteiger partial charge in [0.15, 0.2) is 52.4 Å². The van der Waals surface area contributed by atoms with Gasteiger partial charge in [-0.2, -0.15) is 0 Å². The topological polar surface area (TPSA) is 129 Å². The standard InChI is InChI=1S/C46H31N3O.C40H29N3.C38H27N3/c1-46(2)39-20-8-6-16-34(39)36-25-23-31-26-30(22-24-33(31)41(36)46)29-14-10-15-32(27-29)44-47-43(28-12-4-3-5-13-28)48-45(49-44)38-19-11-18-37-35-17-7-9-21-40(35)50-42(37)38;1-40(2)35-16-10-9-15-33(35)34-24-22-31-25-30(21-23-32(31)36(34)40)26-17-19-29(20-18-26)39-42-37(27-11-5-3-6-12-27)41-38(43-39)28-13-7-4-8-14-28;1-38(2)32-18-9-8-15-31(32)34-29-16-10-17-30(28(29)21-22-33(34)38)37-40-35(25-12-4-3-5-13-25)39-36(41-37)27-20-19-24-11-6-7-14-26(24)23-27/h3-27H,1-2H3;3-25H,1-2H3;3-23H,1-2H3. The lowest BCUT2D eigenvalue weighted by molar-refractivity contribution is 0.661. The van der Waals surface area contributed by atoms with E-state index in [4.69, 9.17) is 49.3 Å². The minimum Gasteiger partial charge on any atom is -0.455 e. The van der Waals surface area contributed by atoms with Crippen molar-refractivity contribution in [3.63, 3.8) is 0 Å². The SMILES string of the molecule is CC1(C)c2ccccc2-c2c1ccc1c(-c3nc(-c4ccccc4)nc(-c4ccc5ccccc5c4)n3)cccc21.CC1(C)c2ccccc2-c2ccc3cc(-c4ccc(-c5nc(-c6ccccc6)nc(-c6ccccc6)n5)cc4)ccc3c21.CC1(C)c2ccccc2-c2ccc3cc(-c4cccc(-c5nc(-c6ccccc6)nc(-c6cccc7c6oc6ccccc67)n5)c4)ccc3c21. The molecule has 0 saturated carbocycles. The van der Waals surface area contributed by atoms with Crippen molar-refractivity contribution in [2.75, 3.05) is 0 Å². The molecule has 4 aromatic heterocycles. The van der Waals surface area contributed by atoms with Gasteiger partial charge in [-0.15, -0.1) is 0 Å². The van der Waals surface area contributed by atoms with Gasteiger partial charge in [0.25, 0.3) is 0 Å². The van der Waals surface area contributed by atoms with Gasteiger partial charge in [0.05, 0.1) is 5.56 Å². The van der Waals surface area contributed by atoms with Crippen molar-refractivity contribution in [2.45, 2.75) is 57.8 Å². The van der Waals surface area contributed by atoms with Crippen LogP contribution in [0.5, 0.6) is 0 Å². The fraction of sp³-hybridized carbons (Fsp3) is 0.0726. The third-order valence-corrected chi connectivity index (χ3v) is 27.5. The molecule has 0 amide bonds. The highest BCUT2D eigenvalue weighted by Gasteiger charge is 2.40. The van der Waals surface area contributed by atoms with Gasteiger partial charge in [-0.25, -0.2) is 44.9 Å². The number of nitrogens with zero attached hydrogens (tertiary/aromatic N) is 9. The number of para-hydroxylation sites is 2. The van der Waals surface area contributed by atoms with E-state index in [0.29, 0.717) is 52.4 Å². The van der Waals surface area contributed by atoms with Crippen molar-refractivity contribution in [1.82, 2.24) is 44.9 Å². The highest BCUT2D eigenvalue weighted by atomic mass is 16.3. The molecule has 10 nitrogen and oxygen atoms in total. The van der Waals surface area contributed by atoms with Crippen LogP contribution in [0.1, 0.15) is 74.9 Å². The Bertz CT molecular complexity index is 8590. The highest BCUT2D eigenvalue weighted by molar-refractivity contribution is 6.11. The smallest absolute Gasteiger partial charge is 0.167 e. The average Bonchev–Trinajstić information content (AvgIpc) is 1.56. The maximum Gasteiger partial charge on any atom is 0.167 e. The quantitative estimate of drug-likeness (QED) is 0.123.